The molecule has 1 N–H and O–H groups in total. The van der Waals surface area contributed by atoms with Crippen LogP contribution in [-0.4, -0.2) is 88.0 Å². The Balaban J connectivity index is 1.37. The van der Waals surface area contributed by atoms with Crippen molar-refractivity contribution in [3.05, 3.63) is 69.4 Å². The number of amides is 1. The van der Waals surface area contributed by atoms with E-state index < -0.39 is 28.3 Å². The van der Waals surface area contributed by atoms with Gasteiger partial charge in [-0.3, -0.25) is 14.4 Å². The second kappa shape index (κ2) is 12.6. The minimum atomic E-state index is -1.55. The van der Waals surface area contributed by atoms with E-state index in [1.165, 1.54) is 5.57 Å². The summed E-state index contributed by atoms with van der Waals surface area (Å²) in [6.45, 7) is 18.8. The van der Waals surface area contributed by atoms with E-state index in [-0.39, 0.29) is 46.9 Å². The topological polar surface area (TPSA) is 106 Å². The van der Waals surface area contributed by atoms with Crippen LogP contribution in [0.3, 0.4) is 0 Å². The first-order valence-electron chi connectivity index (χ1n) is 18.9. The molecule has 4 heterocycles. The van der Waals surface area contributed by atoms with E-state index in [0.717, 1.165) is 25.1 Å². The number of rotatable bonds is 8. The minimum Gasteiger partial charge on any atom is -0.506 e. The molecule has 3 fully saturated rings. The zero-order valence-electron chi connectivity index (χ0n) is 32.3. The number of hydrogen-bond donors (Lipinski definition) is 1. The molecule has 3 aliphatic carbocycles. The molecule has 7 aliphatic rings. The van der Waals surface area contributed by atoms with Gasteiger partial charge in [-0.1, -0.05) is 35.5 Å². The van der Waals surface area contributed by atoms with Crippen molar-refractivity contribution in [2.45, 2.75) is 110 Å². The van der Waals surface area contributed by atoms with E-state index >= 15 is 0 Å². The van der Waals surface area contributed by atoms with E-state index in [1.54, 1.807) is 13.0 Å². The third-order valence-corrected chi connectivity index (χ3v) is 12.3. The average molecular weight is 711 g/mol. The molecule has 0 aromatic heterocycles. The fourth-order valence-corrected chi connectivity index (χ4v) is 9.43. The van der Waals surface area contributed by atoms with Crippen molar-refractivity contribution in [2.24, 2.45) is 11.8 Å². The van der Waals surface area contributed by atoms with E-state index in [9.17, 15) is 19.5 Å². The number of allylic oxidation sites excluding steroid dienone is 5. The summed E-state index contributed by atoms with van der Waals surface area (Å²) in [7, 11) is 2.05. The highest BCUT2D eigenvalue weighted by Crippen LogP contribution is 2.68. The van der Waals surface area contributed by atoms with Crippen LogP contribution in [0.4, 0.5) is 0 Å². The van der Waals surface area contributed by atoms with Crippen molar-refractivity contribution < 1.29 is 33.7 Å². The lowest BCUT2D eigenvalue weighted by molar-refractivity contribution is -0.171. The predicted molar refractivity (Wildman–Crippen MR) is 201 cm³/mol. The van der Waals surface area contributed by atoms with Gasteiger partial charge in [-0.05, 0) is 100 Å². The Morgan fingerprint density at radius 1 is 0.962 bits per heavy atom. The molecule has 52 heavy (non-hydrogen) atoms. The maximum atomic E-state index is 15.0. The van der Waals surface area contributed by atoms with E-state index in [2.05, 4.69) is 30.9 Å². The number of hydrogen-bond acceptors (Lipinski definition) is 8. The van der Waals surface area contributed by atoms with E-state index in [1.807, 2.05) is 64.8 Å². The molecule has 4 aliphatic heterocycles. The van der Waals surface area contributed by atoms with Crippen molar-refractivity contribution in [3.63, 3.8) is 0 Å². The molecule has 1 spiro atoms. The lowest BCUT2D eigenvalue weighted by Crippen LogP contribution is -2.72. The number of aromatic hydroxyl groups is 1. The van der Waals surface area contributed by atoms with Gasteiger partial charge in [-0.25, -0.2) is 0 Å². The molecule has 9 heteroatoms. The summed E-state index contributed by atoms with van der Waals surface area (Å²) >= 11 is 0. The standard InChI is InChI=1S/C43H54N2O7/c1-25(2)11-10-16-41(8)17-15-29-34(46)33-35(47)31-23-28-24-32-40(6,7)52-42(38(28)48,18-14-27(5)39(49)45-21-19-44(9)20-22-45)43(31,32)51-37(33)30(36(29)50-41)13-12-26(3)4/h11-12,14-15,17,23,28,32,46H,10,13,16,18-22,24H2,1-9H3. The van der Waals surface area contributed by atoms with Gasteiger partial charge in [-0.15, -0.1) is 0 Å². The number of ether oxygens (including phenoxy) is 3. The van der Waals surface area contributed by atoms with Crippen LogP contribution in [-0.2, 0) is 20.7 Å². The summed E-state index contributed by atoms with van der Waals surface area (Å²) in [4.78, 5) is 47.3. The number of Topliss-reactive ketones (excluding diaryl/α,β-unsaturated/α-hetero) is 2. The van der Waals surface area contributed by atoms with E-state index in [4.69, 9.17) is 14.2 Å². The predicted octanol–water partition coefficient (Wildman–Crippen LogP) is 6.93. The number of piperazine rings is 1. The number of likely N-dealkylation sites (N-methyl/N-ethyl adjacent to an activating group) is 1. The number of phenols is 1. The molecule has 9 nitrogen and oxygen atoms in total. The van der Waals surface area contributed by atoms with Gasteiger partial charge in [0.2, 0.25) is 5.91 Å². The van der Waals surface area contributed by atoms with Crippen molar-refractivity contribution in [2.75, 3.05) is 33.2 Å². The molecule has 5 unspecified atom stereocenters. The van der Waals surface area contributed by atoms with Crippen LogP contribution in [0.15, 0.2) is 52.7 Å². The van der Waals surface area contributed by atoms with Crippen molar-refractivity contribution in [3.8, 4) is 17.2 Å². The smallest absolute Gasteiger partial charge is 0.249 e. The van der Waals surface area contributed by atoms with Crippen LogP contribution in [0.1, 0.15) is 103 Å². The van der Waals surface area contributed by atoms with Crippen molar-refractivity contribution in [1.29, 1.82) is 0 Å². The Morgan fingerprint density at radius 3 is 2.33 bits per heavy atom. The number of fused-ring (bicyclic) bond motifs is 2. The number of nitrogens with zero attached hydrogens (tertiary/aromatic N) is 2. The Hall–Kier alpha value is -3.95. The molecule has 278 valence electrons. The SMILES string of the molecule is CC(C)=CCCC1(C)C=Cc2c(O)c3c(c(CC=C(C)C)c2O1)OC12C(=CC4CC1C(C)(C)OC2(CC=C(C)C(=O)N1CCN(C)CC1)C4=O)C3=O. The molecule has 1 aromatic carbocycles. The molecule has 1 aromatic rings. The highest BCUT2D eigenvalue weighted by Gasteiger charge is 2.81. The quantitative estimate of drug-likeness (QED) is 0.229. The molecule has 4 bridgehead atoms. The first-order valence-corrected chi connectivity index (χ1v) is 18.9. The zero-order valence-corrected chi connectivity index (χ0v) is 32.3. The summed E-state index contributed by atoms with van der Waals surface area (Å²) in [6.07, 6.45) is 14.1. The van der Waals surface area contributed by atoms with Gasteiger partial charge in [-0.2, -0.15) is 0 Å². The minimum absolute atomic E-state index is 0.0654. The molecule has 8 rings (SSSR count). The second-order valence-electron chi connectivity index (χ2n) is 17.1. The van der Waals surface area contributed by atoms with Crippen LogP contribution in [0.25, 0.3) is 6.08 Å². The summed E-state index contributed by atoms with van der Waals surface area (Å²) in [5.41, 5.74) is -0.0913. The first-order chi connectivity index (χ1) is 24.4. The van der Waals surface area contributed by atoms with Crippen molar-refractivity contribution in [1.82, 2.24) is 9.80 Å². The van der Waals surface area contributed by atoms with E-state index in [0.29, 0.717) is 60.4 Å². The van der Waals surface area contributed by atoms with Crippen molar-refractivity contribution >= 4 is 23.5 Å². The lowest BCUT2D eigenvalue weighted by atomic mass is 9.51. The van der Waals surface area contributed by atoms with Gasteiger partial charge in [0.15, 0.2) is 22.8 Å². The van der Waals surface area contributed by atoms with Gasteiger partial charge < -0.3 is 29.1 Å². The average Bonchev–Trinajstić information content (AvgIpc) is 3.23. The van der Waals surface area contributed by atoms with Gasteiger partial charge in [0.25, 0.3) is 0 Å². The van der Waals surface area contributed by atoms with Gasteiger partial charge in [0.05, 0.1) is 11.2 Å². The molecule has 1 amide bonds. The number of ketones is 2. The first kappa shape index (κ1) is 36.4. The molecule has 0 radical (unpaired) electrons. The maximum Gasteiger partial charge on any atom is 0.249 e. The van der Waals surface area contributed by atoms with Crippen LogP contribution in [0.2, 0.25) is 0 Å². The van der Waals surface area contributed by atoms with Gasteiger partial charge in [0.1, 0.15) is 28.4 Å². The highest BCUT2D eigenvalue weighted by atomic mass is 16.6. The Labute approximate surface area is 308 Å². The Morgan fingerprint density at radius 2 is 1.65 bits per heavy atom. The second-order valence-corrected chi connectivity index (χ2v) is 17.1. The normalized spacial score (nSPS) is 31.2. The molecular formula is C43H54N2O7. The molecule has 1 saturated carbocycles. The zero-order chi connectivity index (χ0) is 37.5. The maximum absolute atomic E-state index is 15.0. The number of benzene rings is 1. The third kappa shape index (κ3) is 5.44. The van der Waals surface area contributed by atoms with Gasteiger partial charge >= 0.3 is 0 Å². The van der Waals surface area contributed by atoms with Crippen LogP contribution < -0.4 is 9.47 Å². The number of carbonyl (C=O) groups is 3. The monoisotopic (exact) mass is 710 g/mol. The fraction of sp³-hybridized carbons (Fsp3) is 0.558. The molecule has 5 atom stereocenters. The highest BCUT2D eigenvalue weighted by molar-refractivity contribution is 6.19. The lowest BCUT2D eigenvalue weighted by Gasteiger charge is -2.56. The van der Waals surface area contributed by atoms with Crippen LogP contribution >= 0.6 is 0 Å². The summed E-state index contributed by atoms with van der Waals surface area (Å²) in [5.74, 6) is -0.895. The summed E-state index contributed by atoms with van der Waals surface area (Å²) in [6, 6.07) is 0. The summed E-state index contributed by atoms with van der Waals surface area (Å²) in [5, 5.41) is 11.9. The number of carbonyl (C=O) groups excluding carboxylic acids is 3. The largest absolute Gasteiger partial charge is 0.506 e. The number of phenolic OH excluding ortho intramolecular Hbond substituents is 1. The Kier molecular flexibility index (Phi) is 8.81. The third-order valence-electron chi connectivity index (χ3n) is 12.3. The van der Waals surface area contributed by atoms with Crippen LogP contribution in [0.5, 0.6) is 17.2 Å². The van der Waals surface area contributed by atoms with Crippen LogP contribution in [0, 0.1) is 11.8 Å². The fourth-order valence-electron chi connectivity index (χ4n) is 9.43. The summed E-state index contributed by atoms with van der Waals surface area (Å²) < 4.78 is 21.1. The molecule has 2 saturated heterocycles. The Bertz CT molecular complexity index is 1900. The van der Waals surface area contributed by atoms with Gasteiger partial charge in [0, 0.05) is 61.1 Å². The molecular weight excluding hydrogens is 656 g/mol.